The number of hydrogen-bond donors (Lipinski definition) is 0. The molecule has 3 rings (SSSR count). The van der Waals surface area contributed by atoms with Gasteiger partial charge in [-0.25, -0.2) is 8.42 Å². The van der Waals surface area contributed by atoms with Crippen molar-refractivity contribution in [2.75, 3.05) is 13.1 Å². The molecule has 0 N–H and O–H groups in total. The lowest BCUT2D eigenvalue weighted by molar-refractivity contribution is -0.139. The van der Waals surface area contributed by atoms with Gasteiger partial charge in [-0.05, 0) is 31.0 Å². The quantitative estimate of drug-likeness (QED) is 0.831. The first-order valence-corrected chi connectivity index (χ1v) is 9.29. The van der Waals surface area contributed by atoms with Crippen molar-refractivity contribution >= 4 is 10.0 Å². The molecule has 2 aromatic rings. The van der Waals surface area contributed by atoms with Gasteiger partial charge >= 0.3 is 6.18 Å². The Morgan fingerprint density at radius 2 is 1.76 bits per heavy atom. The summed E-state index contributed by atoms with van der Waals surface area (Å²) in [5.41, 5.74) is -0.239. The second-order valence-electron chi connectivity index (χ2n) is 6.09. The van der Waals surface area contributed by atoms with Gasteiger partial charge in [-0.15, -0.1) is 0 Å². The van der Waals surface area contributed by atoms with Crippen LogP contribution in [-0.4, -0.2) is 35.6 Å². The molecule has 0 bridgehead atoms. The van der Waals surface area contributed by atoms with E-state index in [-0.39, 0.29) is 19.0 Å². The second-order valence-corrected chi connectivity index (χ2v) is 7.99. The molecule has 0 aliphatic carbocycles. The van der Waals surface area contributed by atoms with Crippen LogP contribution in [0, 0.1) is 0 Å². The summed E-state index contributed by atoms with van der Waals surface area (Å²) in [7, 11) is -2.39. The Hall–Kier alpha value is -1.87. The number of halogens is 3. The van der Waals surface area contributed by atoms with Crippen molar-refractivity contribution in [3.63, 3.8) is 0 Å². The molecule has 0 atom stereocenters. The van der Waals surface area contributed by atoms with E-state index in [1.54, 1.807) is 11.7 Å². The Bertz CT molecular complexity index is 854. The zero-order valence-corrected chi connectivity index (χ0v) is 14.4. The first kappa shape index (κ1) is 17.9. The van der Waals surface area contributed by atoms with E-state index in [0.29, 0.717) is 12.8 Å². The highest BCUT2D eigenvalue weighted by atomic mass is 32.2. The Balaban J connectivity index is 1.81. The topological polar surface area (TPSA) is 55.2 Å². The van der Waals surface area contributed by atoms with Gasteiger partial charge in [0, 0.05) is 32.3 Å². The summed E-state index contributed by atoms with van der Waals surface area (Å²) in [6.07, 6.45) is -1.83. The van der Waals surface area contributed by atoms with Gasteiger partial charge in [-0.2, -0.15) is 22.6 Å². The normalized spacial score (nSPS) is 17.8. The number of benzene rings is 1. The van der Waals surface area contributed by atoms with E-state index in [9.17, 15) is 21.6 Å². The van der Waals surface area contributed by atoms with Gasteiger partial charge < -0.3 is 0 Å². The lowest BCUT2D eigenvalue weighted by Crippen LogP contribution is -2.38. The van der Waals surface area contributed by atoms with Crippen LogP contribution in [0.2, 0.25) is 0 Å². The maximum atomic E-state index is 13.1. The van der Waals surface area contributed by atoms with Crippen LogP contribution >= 0.6 is 0 Å². The third-order valence-corrected chi connectivity index (χ3v) is 6.37. The minimum absolute atomic E-state index is 0.116. The number of aromatic nitrogens is 2. The highest BCUT2D eigenvalue weighted by molar-refractivity contribution is 7.89. The molecule has 1 fully saturated rings. The molecule has 0 radical (unpaired) electrons. The van der Waals surface area contributed by atoms with E-state index < -0.39 is 26.7 Å². The molecule has 1 aromatic heterocycles. The number of nitrogens with zero attached hydrogens (tertiary/aromatic N) is 3. The van der Waals surface area contributed by atoms with Crippen molar-refractivity contribution in [1.29, 1.82) is 0 Å². The minimum Gasteiger partial charge on any atom is -0.276 e. The third kappa shape index (κ3) is 3.57. The van der Waals surface area contributed by atoms with Gasteiger partial charge in [0.05, 0.1) is 16.2 Å². The van der Waals surface area contributed by atoms with Crippen LogP contribution in [0.1, 0.15) is 30.0 Å². The van der Waals surface area contributed by atoms with E-state index in [4.69, 9.17) is 0 Å². The molecule has 0 spiro atoms. The van der Waals surface area contributed by atoms with E-state index in [0.717, 1.165) is 22.1 Å². The monoisotopic (exact) mass is 373 g/mol. The number of aryl methyl sites for hydroxylation is 1. The molecule has 0 saturated carbocycles. The van der Waals surface area contributed by atoms with Gasteiger partial charge in [0.2, 0.25) is 10.0 Å². The van der Waals surface area contributed by atoms with E-state index in [1.807, 2.05) is 12.3 Å². The highest BCUT2D eigenvalue weighted by Crippen LogP contribution is 2.36. The molecule has 0 amide bonds. The summed E-state index contributed by atoms with van der Waals surface area (Å²) in [6.45, 7) is 0.353. The Morgan fingerprint density at radius 1 is 1.12 bits per heavy atom. The molecule has 25 heavy (non-hydrogen) atoms. The average Bonchev–Trinajstić information content (AvgIpc) is 3.01. The van der Waals surface area contributed by atoms with Crippen molar-refractivity contribution in [2.45, 2.75) is 29.8 Å². The van der Waals surface area contributed by atoms with Crippen LogP contribution in [0.15, 0.2) is 41.4 Å². The minimum atomic E-state index is -4.71. The smallest absolute Gasteiger partial charge is 0.276 e. The van der Waals surface area contributed by atoms with Crippen LogP contribution < -0.4 is 0 Å². The van der Waals surface area contributed by atoms with E-state index in [2.05, 4.69) is 5.10 Å². The number of alkyl halides is 3. The maximum Gasteiger partial charge on any atom is 0.417 e. The fourth-order valence-electron chi connectivity index (χ4n) is 3.11. The van der Waals surface area contributed by atoms with Crippen LogP contribution in [0.4, 0.5) is 13.2 Å². The summed E-state index contributed by atoms with van der Waals surface area (Å²) in [5, 5.41) is 4.33. The zero-order chi connectivity index (χ0) is 18.2. The number of piperidine rings is 1. The Morgan fingerprint density at radius 3 is 2.32 bits per heavy atom. The number of sulfonamides is 1. The highest BCUT2D eigenvalue weighted by Gasteiger charge is 2.39. The molecule has 1 aromatic carbocycles. The first-order chi connectivity index (χ1) is 11.7. The molecule has 5 nitrogen and oxygen atoms in total. The molecule has 136 valence electrons. The van der Waals surface area contributed by atoms with Crippen LogP contribution in [0.25, 0.3) is 0 Å². The first-order valence-electron chi connectivity index (χ1n) is 7.85. The van der Waals surface area contributed by atoms with Crippen molar-refractivity contribution in [3.8, 4) is 0 Å². The molecule has 2 heterocycles. The lowest BCUT2D eigenvalue weighted by Gasteiger charge is -2.31. The Kier molecular flexibility index (Phi) is 4.63. The number of hydrogen-bond acceptors (Lipinski definition) is 3. The SMILES string of the molecule is Cn1ccc(C2CCN(S(=O)(=O)c3ccccc3C(F)(F)F)CC2)n1. The zero-order valence-electron chi connectivity index (χ0n) is 13.6. The Labute approximate surface area is 144 Å². The molecular formula is C16H18F3N3O2S. The molecule has 0 unspecified atom stereocenters. The van der Waals surface area contributed by atoms with Gasteiger partial charge in [0.15, 0.2) is 0 Å². The predicted molar refractivity (Wildman–Crippen MR) is 85.4 cm³/mol. The second kappa shape index (κ2) is 6.45. The molecular weight excluding hydrogens is 355 g/mol. The largest absolute Gasteiger partial charge is 0.417 e. The van der Waals surface area contributed by atoms with Crippen molar-refractivity contribution in [2.24, 2.45) is 7.05 Å². The summed E-state index contributed by atoms with van der Waals surface area (Å²) in [4.78, 5) is -0.682. The summed E-state index contributed by atoms with van der Waals surface area (Å²) in [5.74, 6) is 0.116. The fraction of sp³-hybridized carbons (Fsp3) is 0.438. The van der Waals surface area contributed by atoms with Gasteiger partial charge in [-0.1, -0.05) is 12.1 Å². The van der Waals surface area contributed by atoms with Gasteiger partial charge in [0.25, 0.3) is 0 Å². The van der Waals surface area contributed by atoms with E-state index >= 15 is 0 Å². The lowest BCUT2D eigenvalue weighted by atomic mass is 9.95. The molecule has 1 aliphatic rings. The van der Waals surface area contributed by atoms with Crippen molar-refractivity contribution in [3.05, 3.63) is 47.8 Å². The molecule has 9 heteroatoms. The van der Waals surface area contributed by atoms with Crippen LogP contribution in [-0.2, 0) is 23.2 Å². The summed E-state index contributed by atoms with van der Waals surface area (Å²) < 4.78 is 67.6. The average molecular weight is 373 g/mol. The standard InChI is InChI=1S/C16H18F3N3O2S/c1-21-9-8-14(20-21)12-6-10-22(11-7-12)25(23,24)15-5-3-2-4-13(15)16(17,18)19/h2-5,8-9,12H,6-7,10-11H2,1H3. The molecule has 1 saturated heterocycles. The summed E-state index contributed by atoms with van der Waals surface area (Å²) >= 11 is 0. The third-order valence-electron chi connectivity index (χ3n) is 4.42. The fourth-order valence-corrected chi connectivity index (χ4v) is 4.79. The van der Waals surface area contributed by atoms with Crippen LogP contribution in [0.3, 0.4) is 0 Å². The van der Waals surface area contributed by atoms with Crippen molar-refractivity contribution in [1.82, 2.24) is 14.1 Å². The molecule has 1 aliphatic heterocycles. The predicted octanol–water partition coefficient (Wildman–Crippen LogP) is 3.01. The van der Waals surface area contributed by atoms with E-state index in [1.165, 1.54) is 12.1 Å². The summed E-state index contributed by atoms with van der Waals surface area (Å²) in [6, 6.07) is 6.20. The maximum absolute atomic E-state index is 13.1. The van der Waals surface area contributed by atoms with Crippen molar-refractivity contribution < 1.29 is 21.6 Å². The van der Waals surface area contributed by atoms with Gasteiger partial charge in [0.1, 0.15) is 0 Å². The van der Waals surface area contributed by atoms with Gasteiger partial charge in [-0.3, -0.25) is 4.68 Å². The number of rotatable bonds is 3. The van der Waals surface area contributed by atoms with Crippen LogP contribution in [0.5, 0.6) is 0 Å².